The number of nitrogens with zero attached hydrogens (tertiary/aromatic N) is 2. The van der Waals surface area contributed by atoms with Crippen molar-refractivity contribution in [3.8, 4) is 0 Å². The number of hydrogen-bond acceptors (Lipinski definition) is 4. The third-order valence-corrected chi connectivity index (χ3v) is 3.50. The van der Waals surface area contributed by atoms with E-state index in [1.807, 2.05) is 0 Å². The fraction of sp³-hybridized carbons (Fsp3) is 0.462. The minimum Gasteiger partial charge on any atom is -0.393 e. The zero-order valence-corrected chi connectivity index (χ0v) is 11.2. The molecule has 7 nitrogen and oxygen atoms in total. The maximum Gasteiger partial charge on any atom is 0.321 e. The Kier molecular flexibility index (Phi) is 4.19. The van der Waals surface area contributed by atoms with Gasteiger partial charge in [-0.2, -0.15) is 0 Å². The molecule has 2 atom stereocenters. The lowest BCUT2D eigenvalue weighted by molar-refractivity contribution is -0.384. The highest BCUT2D eigenvalue weighted by Gasteiger charge is 2.29. The fourth-order valence-corrected chi connectivity index (χ4v) is 2.27. The monoisotopic (exact) mass is 279 g/mol. The van der Waals surface area contributed by atoms with Crippen LogP contribution in [0.3, 0.4) is 0 Å². The van der Waals surface area contributed by atoms with Crippen molar-refractivity contribution in [3.05, 3.63) is 34.4 Å². The Morgan fingerprint density at radius 1 is 1.60 bits per heavy atom. The van der Waals surface area contributed by atoms with Crippen LogP contribution in [0.5, 0.6) is 0 Å². The van der Waals surface area contributed by atoms with Crippen molar-refractivity contribution in [2.75, 3.05) is 18.4 Å². The number of non-ortho nitro benzene ring substituents is 1. The van der Waals surface area contributed by atoms with E-state index in [0.29, 0.717) is 18.8 Å². The summed E-state index contributed by atoms with van der Waals surface area (Å²) in [7, 11) is 0. The number of anilines is 1. The topological polar surface area (TPSA) is 95.7 Å². The molecule has 0 saturated carbocycles. The molecule has 20 heavy (non-hydrogen) atoms. The molecule has 2 amide bonds. The molecular formula is C13H17N3O4. The number of rotatable bonds is 3. The van der Waals surface area contributed by atoms with Gasteiger partial charge in [0.2, 0.25) is 0 Å². The van der Waals surface area contributed by atoms with Gasteiger partial charge in [-0.15, -0.1) is 0 Å². The van der Waals surface area contributed by atoms with Gasteiger partial charge in [0.05, 0.1) is 11.0 Å². The van der Waals surface area contributed by atoms with Gasteiger partial charge in [-0.3, -0.25) is 10.1 Å². The van der Waals surface area contributed by atoms with Gasteiger partial charge in [0.1, 0.15) is 0 Å². The predicted molar refractivity (Wildman–Crippen MR) is 73.5 cm³/mol. The molecule has 1 fully saturated rings. The van der Waals surface area contributed by atoms with E-state index in [0.717, 1.165) is 6.42 Å². The smallest absolute Gasteiger partial charge is 0.321 e. The second kappa shape index (κ2) is 5.87. The normalized spacial score (nSPS) is 19.7. The quantitative estimate of drug-likeness (QED) is 0.651. The van der Waals surface area contributed by atoms with E-state index in [4.69, 9.17) is 0 Å². The average molecular weight is 279 g/mol. The first-order chi connectivity index (χ1) is 9.47. The Morgan fingerprint density at radius 3 is 2.95 bits per heavy atom. The maximum absolute atomic E-state index is 12.0. The van der Waals surface area contributed by atoms with Crippen LogP contribution in [-0.4, -0.2) is 40.2 Å². The van der Waals surface area contributed by atoms with Crippen molar-refractivity contribution in [3.63, 3.8) is 0 Å². The molecular weight excluding hydrogens is 262 g/mol. The number of aliphatic hydroxyl groups excluding tert-OH is 1. The molecule has 0 aromatic heterocycles. The summed E-state index contributed by atoms with van der Waals surface area (Å²) in [5, 5.41) is 22.8. The molecule has 7 heteroatoms. The van der Waals surface area contributed by atoms with Crippen molar-refractivity contribution < 1.29 is 14.8 Å². The molecule has 2 unspecified atom stereocenters. The molecule has 0 radical (unpaired) electrons. The highest BCUT2D eigenvalue weighted by molar-refractivity contribution is 5.89. The first-order valence-electron chi connectivity index (χ1n) is 6.46. The first kappa shape index (κ1) is 14.3. The number of benzene rings is 1. The molecule has 1 aliphatic rings. The van der Waals surface area contributed by atoms with Crippen LogP contribution < -0.4 is 5.32 Å². The summed E-state index contributed by atoms with van der Waals surface area (Å²) in [6.07, 6.45) is 0.325. The van der Waals surface area contributed by atoms with Crippen molar-refractivity contribution >= 4 is 17.4 Å². The highest BCUT2D eigenvalue weighted by atomic mass is 16.6. The van der Waals surface area contributed by atoms with Crippen LogP contribution in [0, 0.1) is 16.0 Å². The van der Waals surface area contributed by atoms with Gasteiger partial charge >= 0.3 is 6.03 Å². The van der Waals surface area contributed by atoms with Crippen LogP contribution in [0.2, 0.25) is 0 Å². The lowest BCUT2D eigenvalue weighted by atomic mass is 10.0. The largest absolute Gasteiger partial charge is 0.393 e. The van der Waals surface area contributed by atoms with E-state index in [9.17, 15) is 20.0 Å². The van der Waals surface area contributed by atoms with E-state index in [-0.39, 0.29) is 17.6 Å². The van der Waals surface area contributed by atoms with E-state index in [1.165, 1.54) is 18.2 Å². The zero-order valence-electron chi connectivity index (χ0n) is 11.2. The molecule has 0 aliphatic carbocycles. The number of hydrogen-bond donors (Lipinski definition) is 2. The number of nitro groups is 1. The first-order valence-corrected chi connectivity index (χ1v) is 6.46. The van der Waals surface area contributed by atoms with Crippen molar-refractivity contribution in [2.45, 2.75) is 19.4 Å². The molecule has 108 valence electrons. The number of carbonyl (C=O) groups is 1. The Hall–Kier alpha value is -2.15. The lowest BCUT2D eigenvalue weighted by Crippen LogP contribution is -2.34. The number of likely N-dealkylation sites (tertiary alicyclic amines) is 1. The standard InChI is InChI=1S/C13H17N3O4/c1-9(17)10-5-6-15(8-10)13(18)14-11-3-2-4-12(7-11)16(19)20/h2-4,7,9-10,17H,5-6,8H2,1H3,(H,14,18). The zero-order chi connectivity index (χ0) is 14.7. The molecule has 1 aromatic carbocycles. The summed E-state index contributed by atoms with van der Waals surface area (Å²) in [6.45, 7) is 2.79. The van der Waals surface area contributed by atoms with Crippen molar-refractivity contribution in [1.29, 1.82) is 0 Å². The Bertz CT molecular complexity index is 518. The molecule has 2 N–H and O–H groups in total. The van der Waals surface area contributed by atoms with Crippen LogP contribution in [0.1, 0.15) is 13.3 Å². The maximum atomic E-state index is 12.0. The van der Waals surface area contributed by atoms with Crippen LogP contribution in [-0.2, 0) is 0 Å². The van der Waals surface area contributed by atoms with Gasteiger partial charge < -0.3 is 15.3 Å². The van der Waals surface area contributed by atoms with E-state index in [1.54, 1.807) is 17.9 Å². The Morgan fingerprint density at radius 2 is 2.35 bits per heavy atom. The summed E-state index contributed by atoms with van der Waals surface area (Å²) in [6, 6.07) is 5.52. The number of amides is 2. The second-order valence-corrected chi connectivity index (χ2v) is 4.97. The van der Waals surface area contributed by atoms with Gasteiger partial charge in [-0.05, 0) is 19.4 Å². The van der Waals surface area contributed by atoms with Crippen molar-refractivity contribution in [1.82, 2.24) is 4.90 Å². The van der Waals surface area contributed by atoms with Crippen LogP contribution in [0.15, 0.2) is 24.3 Å². The molecule has 0 bridgehead atoms. The third-order valence-electron chi connectivity index (χ3n) is 3.50. The SMILES string of the molecule is CC(O)C1CCN(C(=O)Nc2cccc([N+](=O)[O-])c2)C1. The summed E-state index contributed by atoms with van der Waals surface area (Å²) >= 11 is 0. The van der Waals surface area contributed by atoms with E-state index < -0.39 is 11.0 Å². The predicted octanol–water partition coefficient (Wildman–Crippen LogP) is 1.83. The van der Waals surface area contributed by atoms with Crippen LogP contribution >= 0.6 is 0 Å². The van der Waals surface area contributed by atoms with Gasteiger partial charge in [0.25, 0.3) is 5.69 Å². The number of nitrogens with one attached hydrogen (secondary N) is 1. The minimum absolute atomic E-state index is 0.0638. The molecule has 2 rings (SSSR count). The minimum atomic E-state index is -0.505. The molecule has 1 heterocycles. The van der Waals surface area contributed by atoms with Gasteiger partial charge in [-0.25, -0.2) is 4.79 Å². The second-order valence-electron chi connectivity index (χ2n) is 4.97. The number of nitro benzene ring substituents is 1. The summed E-state index contributed by atoms with van der Waals surface area (Å²) in [4.78, 5) is 23.8. The molecule has 1 aromatic rings. The van der Waals surface area contributed by atoms with Crippen LogP contribution in [0.4, 0.5) is 16.2 Å². The summed E-state index contributed by atoms with van der Waals surface area (Å²) in [5.74, 6) is 0.0888. The molecule has 1 saturated heterocycles. The molecule has 0 spiro atoms. The van der Waals surface area contributed by atoms with Crippen LogP contribution in [0.25, 0.3) is 0 Å². The lowest BCUT2D eigenvalue weighted by Gasteiger charge is -2.18. The van der Waals surface area contributed by atoms with Gasteiger partial charge in [0, 0.05) is 36.8 Å². The van der Waals surface area contributed by atoms with E-state index >= 15 is 0 Å². The third kappa shape index (κ3) is 3.24. The van der Waals surface area contributed by atoms with Gasteiger partial charge in [0.15, 0.2) is 0 Å². The Labute approximate surface area is 116 Å². The fourth-order valence-electron chi connectivity index (χ4n) is 2.27. The summed E-state index contributed by atoms with van der Waals surface area (Å²) < 4.78 is 0. The average Bonchev–Trinajstić information content (AvgIpc) is 2.88. The summed E-state index contributed by atoms with van der Waals surface area (Å²) in [5.41, 5.74) is 0.329. The number of aliphatic hydroxyl groups is 1. The van der Waals surface area contributed by atoms with Gasteiger partial charge in [-0.1, -0.05) is 6.07 Å². The molecule has 1 aliphatic heterocycles. The van der Waals surface area contributed by atoms with E-state index in [2.05, 4.69) is 5.32 Å². The number of urea groups is 1. The highest BCUT2D eigenvalue weighted by Crippen LogP contribution is 2.22. The van der Waals surface area contributed by atoms with Crippen molar-refractivity contribution in [2.24, 2.45) is 5.92 Å². The Balaban J connectivity index is 1.98. The number of carbonyl (C=O) groups excluding carboxylic acids is 1.